The van der Waals surface area contributed by atoms with E-state index in [0.29, 0.717) is 0 Å². The average molecular weight is 195 g/mol. The Morgan fingerprint density at radius 1 is 1.00 bits per heavy atom. The van der Waals surface area contributed by atoms with Gasteiger partial charge in [0.2, 0.25) is 0 Å². The summed E-state index contributed by atoms with van der Waals surface area (Å²) in [5.41, 5.74) is 0. The number of hydrogen-bond donors (Lipinski definition) is 0. The van der Waals surface area contributed by atoms with E-state index in [1.807, 2.05) is 11.8 Å². The molecule has 0 radical (unpaired) electrons. The second-order valence-electron chi connectivity index (χ2n) is 2.79. The van der Waals surface area contributed by atoms with E-state index in [0.717, 1.165) is 5.21 Å². The summed E-state index contributed by atoms with van der Waals surface area (Å²) in [6.07, 6.45) is 8.32. The minimum atomic E-state index is 0.759. The lowest BCUT2D eigenvalue weighted by atomic mass is 10.1. The van der Waals surface area contributed by atoms with Gasteiger partial charge in [0.25, 0.3) is 0 Å². The first kappa shape index (κ1) is 11.6. The van der Waals surface area contributed by atoms with Crippen LogP contribution in [-0.4, -0.2) is 11.0 Å². The smallest absolute Gasteiger partial charge is 0.0680 e. The van der Waals surface area contributed by atoms with Crippen molar-refractivity contribution in [1.82, 2.24) is 0 Å². The summed E-state index contributed by atoms with van der Waals surface area (Å²) < 4.78 is 0. The molecule has 0 saturated carbocycles. The average Bonchev–Trinajstić information content (AvgIpc) is 2.03. The molecule has 11 heavy (non-hydrogen) atoms. The number of alkyl halides is 1. The second-order valence-corrected chi connectivity index (χ2v) is 4.47. The number of unbranched alkanes of at least 4 members (excludes halogenated alkanes) is 5. The molecule has 68 valence electrons. The SMILES string of the molecule is CCCCCCCCSCCl. The maximum Gasteiger partial charge on any atom is 0.0680 e. The molecule has 0 saturated heterocycles. The molecule has 0 amide bonds. The van der Waals surface area contributed by atoms with Crippen LogP contribution in [-0.2, 0) is 0 Å². The third kappa shape index (κ3) is 10.6. The Morgan fingerprint density at radius 2 is 1.64 bits per heavy atom. The van der Waals surface area contributed by atoms with Gasteiger partial charge in [-0.2, -0.15) is 0 Å². The molecular formula is C9H19ClS. The lowest BCUT2D eigenvalue weighted by molar-refractivity contribution is 0.627. The van der Waals surface area contributed by atoms with Gasteiger partial charge < -0.3 is 0 Å². The van der Waals surface area contributed by atoms with Crippen LogP contribution in [0.2, 0.25) is 0 Å². The highest BCUT2D eigenvalue weighted by Gasteiger charge is 1.89. The molecule has 0 aliphatic heterocycles. The Hall–Kier alpha value is 0.640. The molecule has 0 aromatic heterocycles. The zero-order valence-corrected chi connectivity index (χ0v) is 9.02. The van der Waals surface area contributed by atoms with E-state index in [4.69, 9.17) is 11.6 Å². The maximum atomic E-state index is 5.53. The van der Waals surface area contributed by atoms with Crippen molar-refractivity contribution in [1.29, 1.82) is 0 Å². The van der Waals surface area contributed by atoms with E-state index < -0.39 is 0 Å². The first-order valence-corrected chi connectivity index (χ1v) is 6.24. The molecule has 0 atom stereocenters. The van der Waals surface area contributed by atoms with E-state index in [-0.39, 0.29) is 0 Å². The number of halogens is 1. The lowest BCUT2D eigenvalue weighted by Crippen LogP contribution is -1.81. The lowest BCUT2D eigenvalue weighted by Gasteiger charge is -1.98. The van der Waals surface area contributed by atoms with Gasteiger partial charge in [-0.25, -0.2) is 0 Å². The highest BCUT2D eigenvalue weighted by Crippen LogP contribution is 2.10. The van der Waals surface area contributed by atoms with Crippen LogP contribution < -0.4 is 0 Å². The Bertz CT molecular complexity index is 58.6. The van der Waals surface area contributed by atoms with Gasteiger partial charge in [-0.3, -0.25) is 0 Å². The molecule has 0 bridgehead atoms. The van der Waals surface area contributed by atoms with Crippen LogP contribution in [0, 0.1) is 0 Å². The summed E-state index contributed by atoms with van der Waals surface area (Å²) in [6.45, 7) is 2.25. The first-order valence-electron chi connectivity index (χ1n) is 4.55. The van der Waals surface area contributed by atoms with E-state index in [2.05, 4.69) is 6.92 Å². The Morgan fingerprint density at radius 3 is 2.27 bits per heavy atom. The van der Waals surface area contributed by atoms with Gasteiger partial charge in [-0.05, 0) is 12.2 Å². The van der Waals surface area contributed by atoms with Crippen LogP contribution in [0.1, 0.15) is 45.4 Å². The van der Waals surface area contributed by atoms with Gasteiger partial charge in [-0.15, -0.1) is 23.4 Å². The van der Waals surface area contributed by atoms with Crippen LogP contribution >= 0.6 is 23.4 Å². The number of thioether (sulfide) groups is 1. The van der Waals surface area contributed by atoms with Crippen molar-refractivity contribution < 1.29 is 0 Å². The summed E-state index contributed by atoms with van der Waals surface area (Å²) in [5.74, 6) is 1.25. The normalized spacial score (nSPS) is 10.4. The molecule has 0 rings (SSSR count). The van der Waals surface area contributed by atoms with E-state index in [1.54, 1.807) is 0 Å². The second kappa shape index (κ2) is 10.6. The number of rotatable bonds is 8. The van der Waals surface area contributed by atoms with Crippen LogP contribution in [0.5, 0.6) is 0 Å². The van der Waals surface area contributed by atoms with Crippen LogP contribution in [0.4, 0.5) is 0 Å². The van der Waals surface area contributed by atoms with Crippen molar-refractivity contribution in [3.63, 3.8) is 0 Å². The Balaban J connectivity index is 2.69. The Labute approximate surface area is 80.1 Å². The fourth-order valence-electron chi connectivity index (χ4n) is 1.04. The molecule has 2 heteroatoms. The largest absolute Gasteiger partial charge is 0.146 e. The minimum Gasteiger partial charge on any atom is -0.146 e. The predicted octanol–water partition coefficient (Wildman–Crippen LogP) is 4.28. The quantitative estimate of drug-likeness (QED) is 0.411. The molecule has 0 N–H and O–H groups in total. The van der Waals surface area contributed by atoms with Crippen molar-refractivity contribution in [2.24, 2.45) is 0 Å². The molecule has 0 nitrogen and oxygen atoms in total. The zero-order chi connectivity index (χ0) is 8.36. The molecule has 0 fully saturated rings. The fraction of sp³-hybridized carbons (Fsp3) is 1.00. The molecule has 0 unspecified atom stereocenters. The van der Waals surface area contributed by atoms with Crippen molar-refractivity contribution in [3.05, 3.63) is 0 Å². The van der Waals surface area contributed by atoms with E-state index in [9.17, 15) is 0 Å². The van der Waals surface area contributed by atoms with Crippen LogP contribution in [0.3, 0.4) is 0 Å². The molecule has 0 heterocycles. The zero-order valence-electron chi connectivity index (χ0n) is 7.44. The number of hydrogen-bond acceptors (Lipinski definition) is 1. The van der Waals surface area contributed by atoms with Gasteiger partial charge >= 0.3 is 0 Å². The molecular weight excluding hydrogens is 176 g/mol. The predicted molar refractivity (Wildman–Crippen MR) is 56.6 cm³/mol. The molecule has 0 aliphatic carbocycles. The fourth-order valence-corrected chi connectivity index (χ4v) is 1.88. The third-order valence-corrected chi connectivity index (χ3v) is 2.91. The van der Waals surface area contributed by atoms with Crippen molar-refractivity contribution in [3.8, 4) is 0 Å². The summed E-state index contributed by atoms with van der Waals surface area (Å²) in [6, 6.07) is 0. The van der Waals surface area contributed by atoms with Crippen molar-refractivity contribution in [2.45, 2.75) is 45.4 Å². The standard InChI is InChI=1S/C9H19ClS/c1-2-3-4-5-6-7-8-11-9-10/h2-9H2,1H3. The topological polar surface area (TPSA) is 0 Å². The van der Waals surface area contributed by atoms with Gasteiger partial charge in [0.15, 0.2) is 0 Å². The van der Waals surface area contributed by atoms with Crippen LogP contribution in [0.25, 0.3) is 0 Å². The Kier molecular flexibility index (Phi) is 11.3. The summed E-state index contributed by atoms with van der Waals surface area (Å²) in [7, 11) is 0. The van der Waals surface area contributed by atoms with Gasteiger partial charge in [0.1, 0.15) is 0 Å². The third-order valence-electron chi connectivity index (χ3n) is 1.72. The van der Waals surface area contributed by atoms with E-state index in [1.165, 1.54) is 44.3 Å². The summed E-state index contributed by atoms with van der Waals surface area (Å²) in [5, 5.41) is 0.759. The molecule has 0 aromatic carbocycles. The van der Waals surface area contributed by atoms with Crippen molar-refractivity contribution in [2.75, 3.05) is 11.0 Å². The summed E-state index contributed by atoms with van der Waals surface area (Å²) in [4.78, 5) is 0. The minimum absolute atomic E-state index is 0.759. The highest BCUT2D eigenvalue weighted by atomic mass is 35.5. The van der Waals surface area contributed by atoms with E-state index >= 15 is 0 Å². The monoisotopic (exact) mass is 194 g/mol. The highest BCUT2D eigenvalue weighted by molar-refractivity contribution is 8.00. The molecule has 0 spiro atoms. The summed E-state index contributed by atoms with van der Waals surface area (Å²) >= 11 is 7.36. The molecule has 0 aliphatic rings. The first-order chi connectivity index (χ1) is 5.41. The molecule has 0 aromatic rings. The van der Waals surface area contributed by atoms with Crippen LogP contribution in [0.15, 0.2) is 0 Å². The van der Waals surface area contributed by atoms with Gasteiger partial charge in [-0.1, -0.05) is 39.0 Å². The van der Waals surface area contributed by atoms with Crippen molar-refractivity contribution >= 4 is 23.4 Å². The van der Waals surface area contributed by atoms with Gasteiger partial charge in [0, 0.05) is 0 Å². The van der Waals surface area contributed by atoms with Gasteiger partial charge in [0.05, 0.1) is 5.21 Å². The maximum absolute atomic E-state index is 5.53.